The molecular weight excluding hydrogens is 356 g/mol. The van der Waals surface area contributed by atoms with Crippen molar-refractivity contribution < 1.29 is 9.90 Å². The number of carbonyl (C=O) groups excluding carboxylic acids is 1. The minimum Gasteiger partial charge on any atom is -0.507 e. The Morgan fingerprint density at radius 1 is 1.22 bits per heavy atom. The van der Waals surface area contributed by atoms with Crippen molar-refractivity contribution in [3.05, 3.63) is 81.8 Å². The molecule has 0 fully saturated rings. The molecule has 0 bridgehead atoms. The van der Waals surface area contributed by atoms with Gasteiger partial charge in [0, 0.05) is 23.7 Å². The molecule has 1 aromatic heterocycles. The maximum atomic E-state index is 12.4. The summed E-state index contributed by atoms with van der Waals surface area (Å²) in [6.07, 6.45) is 3.36. The number of benzene rings is 1. The summed E-state index contributed by atoms with van der Waals surface area (Å²) in [5, 5.41) is 15.4. The Labute approximate surface area is 164 Å². The number of amides is 1. The molecule has 140 valence electrons. The first kappa shape index (κ1) is 19.1. The molecule has 2 aromatic rings. The molecule has 0 saturated carbocycles. The molecule has 1 aliphatic rings. The number of aliphatic hydroxyl groups excluding tert-OH is 1. The van der Waals surface area contributed by atoms with Crippen molar-refractivity contribution in [2.45, 2.75) is 13.0 Å². The lowest BCUT2D eigenvalue weighted by molar-refractivity contribution is 0.0961. The lowest BCUT2D eigenvalue weighted by Crippen LogP contribution is -2.23. The Balaban J connectivity index is 2.08. The number of aliphatic hydroxyl groups is 1. The van der Waals surface area contributed by atoms with Crippen LogP contribution in [0.2, 0.25) is 0 Å². The fourth-order valence-corrected chi connectivity index (χ4v) is 3.88. The van der Waals surface area contributed by atoms with Gasteiger partial charge >= 0.3 is 0 Å². The van der Waals surface area contributed by atoms with Crippen LogP contribution < -0.4 is 5.32 Å². The molecule has 27 heavy (non-hydrogen) atoms. The van der Waals surface area contributed by atoms with Gasteiger partial charge in [-0.3, -0.25) is 4.79 Å². The van der Waals surface area contributed by atoms with Crippen LogP contribution in [0.1, 0.15) is 39.3 Å². The lowest BCUT2D eigenvalue weighted by Gasteiger charge is -2.21. The van der Waals surface area contributed by atoms with Crippen LogP contribution >= 0.6 is 11.3 Å². The molecule has 5 heteroatoms. The number of carbonyl (C=O) groups is 1. The number of allylic oxidation sites excluding steroid dienone is 3. The van der Waals surface area contributed by atoms with E-state index in [9.17, 15) is 9.90 Å². The summed E-state index contributed by atoms with van der Waals surface area (Å²) in [6.45, 7) is 6.70. The van der Waals surface area contributed by atoms with Gasteiger partial charge in [0.1, 0.15) is 5.76 Å². The minimum atomic E-state index is -0.123. The standard InChI is InChI=1S/C22H24N2O2S/c1-14-18-11-13-27-21(18)22(26)23-12-5-6-19(25)20(14)17-9-7-16(8-10-17)15(2)24(3)4/h5-11,13,15,25H,1,12H2,2-4H3,(H,23,26)/b6-5-,20-19-/t15-/m0/s1. The van der Waals surface area contributed by atoms with Gasteiger partial charge < -0.3 is 15.3 Å². The molecule has 0 radical (unpaired) electrons. The van der Waals surface area contributed by atoms with Crippen molar-refractivity contribution >= 4 is 28.4 Å². The van der Waals surface area contributed by atoms with E-state index < -0.39 is 0 Å². The lowest BCUT2D eigenvalue weighted by atomic mass is 9.91. The molecule has 0 unspecified atom stereocenters. The van der Waals surface area contributed by atoms with Crippen LogP contribution in [-0.4, -0.2) is 36.6 Å². The number of hydrogen-bond acceptors (Lipinski definition) is 4. The molecule has 1 atom stereocenters. The van der Waals surface area contributed by atoms with Crippen molar-refractivity contribution in [3.8, 4) is 0 Å². The smallest absolute Gasteiger partial charge is 0.262 e. The summed E-state index contributed by atoms with van der Waals surface area (Å²) < 4.78 is 0. The average molecular weight is 381 g/mol. The van der Waals surface area contributed by atoms with Crippen LogP contribution in [-0.2, 0) is 0 Å². The van der Waals surface area contributed by atoms with Crippen LogP contribution in [0.3, 0.4) is 0 Å². The second-order valence-corrected chi connectivity index (χ2v) is 7.69. The normalized spacial score (nSPS) is 20.1. The van der Waals surface area contributed by atoms with E-state index >= 15 is 0 Å². The van der Waals surface area contributed by atoms with Gasteiger partial charge in [-0.15, -0.1) is 11.3 Å². The second kappa shape index (κ2) is 7.94. The van der Waals surface area contributed by atoms with E-state index in [0.717, 1.165) is 11.1 Å². The molecule has 2 N–H and O–H groups in total. The first-order valence-electron chi connectivity index (χ1n) is 8.82. The van der Waals surface area contributed by atoms with Gasteiger partial charge in [-0.25, -0.2) is 0 Å². The summed E-state index contributed by atoms with van der Waals surface area (Å²) in [6, 6.07) is 10.3. The maximum absolute atomic E-state index is 12.4. The summed E-state index contributed by atoms with van der Waals surface area (Å²) in [4.78, 5) is 15.1. The van der Waals surface area contributed by atoms with Crippen LogP contribution in [0.4, 0.5) is 0 Å². The zero-order valence-electron chi connectivity index (χ0n) is 15.8. The van der Waals surface area contributed by atoms with Crippen LogP contribution in [0.15, 0.2) is 60.2 Å². The molecule has 1 aromatic carbocycles. The highest BCUT2D eigenvalue weighted by atomic mass is 32.1. The quantitative estimate of drug-likeness (QED) is 0.815. The summed E-state index contributed by atoms with van der Waals surface area (Å²) >= 11 is 1.38. The number of nitrogens with one attached hydrogen (secondary N) is 1. The second-order valence-electron chi connectivity index (χ2n) is 6.78. The number of thiophene rings is 1. The highest BCUT2D eigenvalue weighted by molar-refractivity contribution is 7.12. The molecular formula is C22H24N2O2S. The van der Waals surface area contributed by atoms with Crippen LogP contribution in [0.25, 0.3) is 11.1 Å². The third kappa shape index (κ3) is 3.89. The van der Waals surface area contributed by atoms with Crippen LogP contribution in [0.5, 0.6) is 0 Å². The number of fused-ring (bicyclic) bond motifs is 1. The van der Waals surface area contributed by atoms with Crippen molar-refractivity contribution in [1.29, 1.82) is 0 Å². The largest absolute Gasteiger partial charge is 0.507 e. The summed E-state index contributed by atoms with van der Waals surface area (Å²) in [7, 11) is 4.09. The predicted molar refractivity (Wildman–Crippen MR) is 113 cm³/mol. The van der Waals surface area contributed by atoms with Gasteiger partial charge in [-0.2, -0.15) is 0 Å². The first-order valence-corrected chi connectivity index (χ1v) is 9.70. The topological polar surface area (TPSA) is 52.6 Å². The van der Waals surface area contributed by atoms with Crippen molar-refractivity contribution in [1.82, 2.24) is 10.2 Å². The molecule has 4 nitrogen and oxygen atoms in total. The fraction of sp³-hybridized carbons (Fsp3) is 0.227. The van der Waals surface area contributed by atoms with Gasteiger partial charge in [0.2, 0.25) is 0 Å². The fourth-order valence-electron chi connectivity index (χ4n) is 3.05. The predicted octanol–water partition coefficient (Wildman–Crippen LogP) is 4.65. The van der Waals surface area contributed by atoms with Gasteiger partial charge in [0.25, 0.3) is 5.91 Å². The van der Waals surface area contributed by atoms with E-state index in [-0.39, 0.29) is 11.7 Å². The van der Waals surface area contributed by atoms with E-state index in [0.29, 0.717) is 28.6 Å². The van der Waals surface area contributed by atoms with E-state index in [1.807, 2.05) is 37.7 Å². The Kier molecular flexibility index (Phi) is 5.63. The Hall–Kier alpha value is -2.63. The van der Waals surface area contributed by atoms with Gasteiger partial charge in [-0.05, 0) is 55.2 Å². The molecule has 2 heterocycles. The molecule has 0 saturated heterocycles. The summed E-state index contributed by atoms with van der Waals surface area (Å²) in [5.74, 6) is 0.0170. The maximum Gasteiger partial charge on any atom is 0.262 e. The van der Waals surface area contributed by atoms with E-state index in [1.165, 1.54) is 16.9 Å². The third-order valence-corrected chi connectivity index (χ3v) is 5.78. The van der Waals surface area contributed by atoms with E-state index in [2.05, 4.69) is 35.9 Å². The molecule has 1 amide bonds. The van der Waals surface area contributed by atoms with Gasteiger partial charge in [-0.1, -0.05) is 36.9 Å². The summed E-state index contributed by atoms with van der Waals surface area (Å²) in [5.41, 5.74) is 4.10. The molecule has 0 aliphatic carbocycles. The SMILES string of the molecule is C=C1/C(c2ccc([C@H](C)N(C)C)cc2)=C(O)\C=C/CNC(=O)c2sccc21. The van der Waals surface area contributed by atoms with Gasteiger partial charge in [0.15, 0.2) is 0 Å². The Bertz CT molecular complexity index is 920. The zero-order valence-corrected chi connectivity index (χ0v) is 16.6. The van der Waals surface area contributed by atoms with Crippen molar-refractivity contribution in [2.24, 2.45) is 0 Å². The average Bonchev–Trinajstić information content (AvgIpc) is 3.14. The Morgan fingerprint density at radius 3 is 2.59 bits per heavy atom. The first-order chi connectivity index (χ1) is 12.9. The van der Waals surface area contributed by atoms with E-state index in [1.54, 1.807) is 12.2 Å². The van der Waals surface area contributed by atoms with Crippen molar-refractivity contribution in [2.75, 3.05) is 20.6 Å². The third-order valence-electron chi connectivity index (χ3n) is 4.87. The van der Waals surface area contributed by atoms with Crippen molar-refractivity contribution in [3.63, 3.8) is 0 Å². The molecule has 1 aliphatic heterocycles. The number of hydrogen-bond donors (Lipinski definition) is 2. The van der Waals surface area contributed by atoms with Crippen LogP contribution in [0, 0.1) is 0 Å². The highest BCUT2D eigenvalue weighted by Crippen LogP contribution is 2.36. The monoisotopic (exact) mass is 380 g/mol. The van der Waals surface area contributed by atoms with Gasteiger partial charge in [0.05, 0.1) is 4.88 Å². The minimum absolute atomic E-state index is 0.123. The molecule has 3 rings (SSSR count). The molecule has 0 spiro atoms. The highest BCUT2D eigenvalue weighted by Gasteiger charge is 2.21. The Morgan fingerprint density at radius 2 is 1.93 bits per heavy atom. The van der Waals surface area contributed by atoms with E-state index in [4.69, 9.17) is 0 Å². The number of rotatable bonds is 3. The zero-order chi connectivity index (χ0) is 19.6. The number of nitrogens with zero attached hydrogens (tertiary/aromatic N) is 1.